The Kier molecular flexibility index (Phi) is 7.34. The van der Waals surface area contributed by atoms with Gasteiger partial charge in [0.05, 0.1) is 36.7 Å². The molecule has 0 spiro atoms. The number of hydrogen-bond acceptors (Lipinski definition) is 5. The third-order valence-electron chi connectivity index (χ3n) is 7.55. The van der Waals surface area contributed by atoms with Crippen LogP contribution in [0.4, 0.5) is 4.39 Å². The number of benzene rings is 2. The van der Waals surface area contributed by atoms with Gasteiger partial charge in [-0.1, -0.05) is 5.57 Å². The Bertz CT molecular complexity index is 1320. The van der Waals surface area contributed by atoms with Crippen LogP contribution in [0.2, 0.25) is 0 Å². The van der Waals surface area contributed by atoms with Crippen molar-refractivity contribution in [1.82, 2.24) is 9.78 Å². The van der Waals surface area contributed by atoms with Crippen molar-refractivity contribution < 1.29 is 23.7 Å². The number of aromatic nitrogens is 2. The third kappa shape index (κ3) is 5.22. The highest BCUT2D eigenvalue weighted by Gasteiger charge is 2.47. The second-order valence-electron chi connectivity index (χ2n) is 11.1. The summed E-state index contributed by atoms with van der Waals surface area (Å²) in [5.74, 6) is 1.42. The maximum atomic E-state index is 13.6. The molecule has 1 fully saturated rings. The van der Waals surface area contributed by atoms with E-state index in [0.717, 1.165) is 41.0 Å². The van der Waals surface area contributed by atoms with E-state index < -0.39 is 0 Å². The normalized spacial score (nSPS) is 21.7. The summed E-state index contributed by atoms with van der Waals surface area (Å²) < 4.78 is 34.8. The first-order chi connectivity index (χ1) is 18.2. The summed E-state index contributed by atoms with van der Waals surface area (Å²) in [6.45, 7) is 11.1. The van der Waals surface area contributed by atoms with Crippen LogP contribution in [0.25, 0.3) is 22.5 Å². The maximum Gasteiger partial charge on any atom is 0.129 e. The molecule has 3 atom stereocenters. The largest absolute Gasteiger partial charge is 0.489 e. The van der Waals surface area contributed by atoms with Crippen LogP contribution in [0, 0.1) is 11.7 Å². The molecule has 38 heavy (non-hydrogen) atoms. The monoisotopic (exact) mass is 520 g/mol. The molecule has 0 aliphatic carbocycles. The van der Waals surface area contributed by atoms with Crippen LogP contribution in [0.5, 0.6) is 11.5 Å². The number of aliphatic hydroxyl groups excluding tert-OH is 1. The standard InChI is InChI=1S/C31H37FN2O4/c1-19(2)12-15-36-28-17-24-29(38-31(4,5)25-11-6-20(3)37-30(24)25)16-23(28)26-18-27(34(33-26)13-14-35)21-7-9-22(32)10-8-21/h7-10,12,16-18,20,25,30,35H,6,11,13-15H2,1-5H3/t20-,25-,30+/m1/s1. The van der Waals surface area contributed by atoms with Crippen molar-refractivity contribution in [3.63, 3.8) is 0 Å². The van der Waals surface area contributed by atoms with Crippen LogP contribution >= 0.6 is 0 Å². The van der Waals surface area contributed by atoms with E-state index in [1.165, 1.54) is 17.7 Å². The Morgan fingerprint density at radius 1 is 1.18 bits per heavy atom. The van der Waals surface area contributed by atoms with E-state index in [-0.39, 0.29) is 36.2 Å². The van der Waals surface area contributed by atoms with Gasteiger partial charge in [-0.25, -0.2) is 4.39 Å². The summed E-state index contributed by atoms with van der Waals surface area (Å²) in [5, 5.41) is 14.5. The quantitative estimate of drug-likeness (QED) is 0.350. The molecule has 2 aliphatic heterocycles. The lowest BCUT2D eigenvalue weighted by Crippen LogP contribution is -2.48. The second-order valence-corrected chi connectivity index (χ2v) is 11.1. The predicted molar refractivity (Wildman–Crippen MR) is 146 cm³/mol. The highest BCUT2D eigenvalue weighted by molar-refractivity contribution is 5.75. The molecule has 5 rings (SSSR count). The number of hydrogen-bond donors (Lipinski definition) is 1. The van der Waals surface area contributed by atoms with Crippen molar-refractivity contribution in [3.05, 3.63) is 65.5 Å². The third-order valence-corrected chi connectivity index (χ3v) is 7.55. The fourth-order valence-corrected chi connectivity index (χ4v) is 5.51. The molecular weight excluding hydrogens is 483 g/mol. The van der Waals surface area contributed by atoms with Gasteiger partial charge in [0, 0.05) is 22.6 Å². The molecule has 2 aromatic carbocycles. The summed E-state index contributed by atoms with van der Waals surface area (Å²) in [5.41, 5.74) is 4.88. The lowest BCUT2D eigenvalue weighted by atomic mass is 9.75. The zero-order valence-corrected chi connectivity index (χ0v) is 22.8. The van der Waals surface area contributed by atoms with Crippen molar-refractivity contribution in [2.75, 3.05) is 13.2 Å². The SMILES string of the molecule is CC(C)=CCOc1cc2c(cc1-c1cc(-c3ccc(F)cc3)n(CCO)n1)OC(C)(C)[C@@H]1CC[C@@H](C)O[C@@H]21. The maximum absolute atomic E-state index is 13.6. The molecule has 0 amide bonds. The molecule has 6 nitrogen and oxygen atoms in total. The minimum atomic E-state index is -0.380. The van der Waals surface area contributed by atoms with Crippen LogP contribution in [-0.4, -0.2) is 39.8 Å². The summed E-state index contributed by atoms with van der Waals surface area (Å²) in [4.78, 5) is 0. The first-order valence-corrected chi connectivity index (χ1v) is 13.4. The molecular formula is C31H37FN2O4. The Labute approximate surface area is 224 Å². The van der Waals surface area contributed by atoms with E-state index >= 15 is 0 Å². The van der Waals surface area contributed by atoms with E-state index in [1.54, 1.807) is 16.8 Å². The van der Waals surface area contributed by atoms with Gasteiger partial charge in [0.25, 0.3) is 0 Å². The topological polar surface area (TPSA) is 65.7 Å². The lowest BCUT2D eigenvalue weighted by Gasteiger charge is -2.48. The number of ether oxygens (including phenoxy) is 3. The van der Waals surface area contributed by atoms with Crippen LogP contribution in [0.1, 0.15) is 59.1 Å². The van der Waals surface area contributed by atoms with Crippen molar-refractivity contribution >= 4 is 0 Å². The second kappa shape index (κ2) is 10.5. The van der Waals surface area contributed by atoms with Crippen molar-refractivity contribution in [3.8, 4) is 34.0 Å². The van der Waals surface area contributed by atoms with E-state index in [1.807, 2.05) is 32.1 Å². The van der Waals surface area contributed by atoms with Crippen LogP contribution in [0.15, 0.2) is 54.1 Å². The number of rotatable bonds is 7. The van der Waals surface area contributed by atoms with Gasteiger partial charge in [0.15, 0.2) is 0 Å². The molecule has 0 radical (unpaired) electrons. The van der Waals surface area contributed by atoms with Crippen molar-refractivity contribution in [1.29, 1.82) is 0 Å². The highest BCUT2D eigenvalue weighted by Crippen LogP contribution is 2.53. The van der Waals surface area contributed by atoms with Crippen LogP contribution < -0.4 is 9.47 Å². The zero-order valence-electron chi connectivity index (χ0n) is 22.8. The van der Waals surface area contributed by atoms with Gasteiger partial charge in [-0.3, -0.25) is 4.68 Å². The molecule has 1 N–H and O–H groups in total. The smallest absolute Gasteiger partial charge is 0.129 e. The molecule has 202 valence electrons. The van der Waals surface area contributed by atoms with Crippen molar-refractivity contribution in [2.24, 2.45) is 5.92 Å². The van der Waals surface area contributed by atoms with Gasteiger partial charge in [0.2, 0.25) is 0 Å². The minimum Gasteiger partial charge on any atom is -0.489 e. The molecule has 3 aromatic rings. The predicted octanol–water partition coefficient (Wildman–Crippen LogP) is 6.72. The molecule has 1 saturated heterocycles. The van der Waals surface area contributed by atoms with Gasteiger partial charge in [-0.15, -0.1) is 0 Å². The van der Waals surface area contributed by atoms with E-state index in [2.05, 4.69) is 26.8 Å². The summed E-state index contributed by atoms with van der Waals surface area (Å²) in [6.07, 6.45) is 4.21. The number of halogens is 1. The first-order valence-electron chi connectivity index (χ1n) is 13.4. The fraction of sp³-hybridized carbons (Fsp3) is 0.452. The molecule has 3 heterocycles. The lowest BCUT2D eigenvalue weighted by molar-refractivity contribution is -0.144. The Morgan fingerprint density at radius 3 is 2.66 bits per heavy atom. The van der Waals surface area contributed by atoms with Crippen LogP contribution in [-0.2, 0) is 11.3 Å². The summed E-state index contributed by atoms with van der Waals surface area (Å²) >= 11 is 0. The molecule has 0 bridgehead atoms. The molecule has 1 aromatic heterocycles. The average Bonchev–Trinajstić information content (AvgIpc) is 3.28. The van der Waals surface area contributed by atoms with Gasteiger partial charge < -0.3 is 19.3 Å². The Balaban J connectivity index is 1.63. The van der Waals surface area contributed by atoms with Crippen LogP contribution in [0.3, 0.4) is 0 Å². The Morgan fingerprint density at radius 2 is 1.95 bits per heavy atom. The fourth-order valence-electron chi connectivity index (χ4n) is 5.51. The molecule has 0 unspecified atom stereocenters. The van der Waals surface area contributed by atoms with Gasteiger partial charge in [-0.05, 0) is 96.0 Å². The van der Waals surface area contributed by atoms with Gasteiger partial charge in [-0.2, -0.15) is 5.10 Å². The highest BCUT2D eigenvalue weighted by atomic mass is 19.1. The van der Waals surface area contributed by atoms with Crippen molar-refractivity contribution in [2.45, 2.75) is 71.8 Å². The Hall–Kier alpha value is -3.16. The van der Waals surface area contributed by atoms with E-state index in [9.17, 15) is 9.50 Å². The number of allylic oxidation sites excluding steroid dienone is 1. The minimum absolute atomic E-state index is 0.0701. The summed E-state index contributed by atoms with van der Waals surface area (Å²) in [7, 11) is 0. The molecule has 7 heteroatoms. The van der Waals surface area contributed by atoms with Gasteiger partial charge >= 0.3 is 0 Å². The molecule has 2 aliphatic rings. The zero-order chi connectivity index (χ0) is 27.0. The number of nitrogens with zero attached hydrogens (tertiary/aromatic N) is 2. The average molecular weight is 521 g/mol. The number of aliphatic hydroxyl groups is 1. The van der Waals surface area contributed by atoms with E-state index in [0.29, 0.717) is 24.6 Å². The van der Waals surface area contributed by atoms with Gasteiger partial charge in [0.1, 0.15) is 29.5 Å². The molecule has 0 saturated carbocycles. The van der Waals surface area contributed by atoms with E-state index in [4.69, 9.17) is 19.3 Å². The summed E-state index contributed by atoms with van der Waals surface area (Å²) in [6, 6.07) is 12.3. The number of fused-ring (bicyclic) bond motifs is 3. The first kappa shape index (κ1) is 26.4.